The molecule has 0 aliphatic rings. The molecule has 3 rings (SSSR count). The number of hydrogen-bond acceptors (Lipinski definition) is 2. The van der Waals surface area contributed by atoms with E-state index in [-0.39, 0.29) is 11.3 Å². The molecule has 0 radical (unpaired) electrons. The first-order valence-electron chi connectivity index (χ1n) is 7.14. The van der Waals surface area contributed by atoms with Crippen LogP contribution in [0.15, 0.2) is 53.3 Å². The summed E-state index contributed by atoms with van der Waals surface area (Å²) >= 11 is 11.9. The molecule has 0 aliphatic heterocycles. The third-order valence-corrected chi connectivity index (χ3v) is 4.23. The fourth-order valence-corrected chi connectivity index (χ4v) is 2.93. The van der Waals surface area contributed by atoms with Gasteiger partial charge in [0.15, 0.2) is 5.78 Å². The second-order valence-electron chi connectivity index (χ2n) is 5.14. The van der Waals surface area contributed by atoms with Gasteiger partial charge in [0.05, 0.1) is 5.52 Å². The monoisotopic (exact) mass is 345 g/mol. The van der Waals surface area contributed by atoms with E-state index in [2.05, 4.69) is 0 Å². The van der Waals surface area contributed by atoms with Gasteiger partial charge in [-0.1, -0.05) is 23.2 Å². The van der Waals surface area contributed by atoms with E-state index >= 15 is 0 Å². The lowest BCUT2D eigenvalue weighted by molar-refractivity contribution is 0.104. The lowest BCUT2D eigenvalue weighted by atomic mass is 9.99. The average Bonchev–Trinajstić information content (AvgIpc) is 2.54. The Morgan fingerprint density at radius 1 is 1.00 bits per heavy atom. The van der Waals surface area contributed by atoms with E-state index in [4.69, 9.17) is 23.2 Å². The lowest BCUT2D eigenvalue weighted by Crippen LogP contribution is -2.21. The smallest absolute Gasteiger partial charge is 0.251 e. The number of hydrogen-bond donors (Lipinski definition) is 0. The van der Waals surface area contributed by atoms with Crippen molar-refractivity contribution in [3.63, 3.8) is 0 Å². The molecule has 0 atom stereocenters. The van der Waals surface area contributed by atoms with Gasteiger partial charge in [-0.05, 0) is 49.4 Å². The molecule has 3 nitrogen and oxygen atoms in total. The molecule has 0 amide bonds. The van der Waals surface area contributed by atoms with Crippen LogP contribution in [0.2, 0.25) is 10.0 Å². The molecule has 0 spiro atoms. The highest BCUT2D eigenvalue weighted by Crippen LogP contribution is 2.24. The Hall–Kier alpha value is -2.10. The highest BCUT2D eigenvalue weighted by Gasteiger charge is 2.16. The number of carbonyl (C=O) groups excluding carboxylic acids is 1. The number of aromatic nitrogens is 1. The lowest BCUT2D eigenvalue weighted by Gasteiger charge is -2.12. The summed E-state index contributed by atoms with van der Waals surface area (Å²) in [6, 6.07) is 13.2. The predicted molar refractivity (Wildman–Crippen MR) is 93.8 cm³/mol. The average molecular weight is 346 g/mol. The van der Waals surface area contributed by atoms with E-state index in [1.807, 2.05) is 6.92 Å². The Labute approximate surface area is 143 Å². The van der Waals surface area contributed by atoms with Crippen LogP contribution in [0.25, 0.3) is 10.9 Å². The maximum absolute atomic E-state index is 12.8. The minimum atomic E-state index is -0.228. The highest BCUT2D eigenvalue weighted by atomic mass is 35.5. The van der Waals surface area contributed by atoms with Crippen LogP contribution in [0.4, 0.5) is 0 Å². The molecule has 116 valence electrons. The molecule has 0 unspecified atom stereocenters. The first kappa shape index (κ1) is 15.8. The molecule has 0 saturated carbocycles. The maximum Gasteiger partial charge on any atom is 0.251 e. The predicted octanol–water partition coefficient (Wildman–Crippen LogP) is 4.56. The number of halogens is 2. The number of pyridine rings is 1. The van der Waals surface area contributed by atoms with Crippen molar-refractivity contribution in [3.05, 3.63) is 80.1 Å². The molecule has 0 bridgehead atoms. The van der Waals surface area contributed by atoms with Gasteiger partial charge in [0.25, 0.3) is 5.56 Å². The van der Waals surface area contributed by atoms with Gasteiger partial charge < -0.3 is 4.57 Å². The SMILES string of the molecule is CCn1c(=O)cc(C(=O)c2ccc(Cl)cc2)c2cc(Cl)ccc21. The fourth-order valence-electron chi connectivity index (χ4n) is 2.63. The molecular formula is C18H13Cl2NO2. The summed E-state index contributed by atoms with van der Waals surface area (Å²) in [5.41, 5.74) is 1.31. The van der Waals surface area contributed by atoms with Crippen molar-refractivity contribution in [3.8, 4) is 0 Å². The molecule has 0 saturated heterocycles. The van der Waals surface area contributed by atoms with Crippen LogP contribution in [-0.2, 0) is 6.54 Å². The molecule has 0 fully saturated rings. The molecule has 0 aliphatic carbocycles. The van der Waals surface area contributed by atoms with E-state index in [9.17, 15) is 9.59 Å². The standard InChI is InChI=1S/C18H13Cl2NO2/c1-2-21-16-8-7-13(20)9-14(16)15(10-17(21)22)18(23)11-3-5-12(19)6-4-11/h3-10H,2H2,1H3. The Balaban J connectivity index is 2.28. The van der Waals surface area contributed by atoms with Gasteiger partial charge in [-0.25, -0.2) is 0 Å². The number of rotatable bonds is 3. The normalized spacial score (nSPS) is 10.9. The van der Waals surface area contributed by atoms with Crippen molar-refractivity contribution in [2.45, 2.75) is 13.5 Å². The van der Waals surface area contributed by atoms with E-state index in [0.29, 0.717) is 38.6 Å². The number of fused-ring (bicyclic) bond motifs is 1. The van der Waals surface area contributed by atoms with Gasteiger partial charge in [0.2, 0.25) is 0 Å². The number of benzene rings is 2. The van der Waals surface area contributed by atoms with E-state index in [1.165, 1.54) is 6.07 Å². The van der Waals surface area contributed by atoms with Gasteiger partial charge in [-0.15, -0.1) is 0 Å². The number of carbonyl (C=O) groups is 1. The summed E-state index contributed by atoms with van der Waals surface area (Å²) in [5, 5.41) is 1.73. The fraction of sp³-hybridized carbons (Fsp3) is 0.111. The summed E-state index contributed by atoms with van der Waals surface area (Å²) in [5.74, 6) is -0.228. The Morgan fingerprint density at radius 2 is 1.65 bits per heavy atom. The Morgan fingerprint density at radius 3 is 2.30 bits per heavy atom. The molecular weight excluding hydrogens is 333 g/mol. The third-order valence-electron chi connectivity index (χ3n) is 3.74. The van der Waals surface area contributed by atoms with Crippen molar-refractivity contribution < 1.29 is 4.79 Å². The first-order chi connectivity index (χ1) is 11.0. The minimum Gasteiger partial charge on any atom is -0.309 e. The molecule has 23 heavy (non-hydrogen) atoms. The number of ketones is 1. The van der Waals surface area contributed by atoms with Crippen molar-refractivity contribution in [1.82, 2.24) is 4.57 Å². The quantitative estimate of drug-likeness (QED) is 0.652. The topological polar surface area (TPSA) is 39.1 Å². The molecule has 3 aromatic rings. The van der Waals surface area contributed by atoms with Gasteiger partial charge in [-0.2, -0.15) is 0 Å². The van der Waals surface area contributed by atoms with Crippen molar-refractivity contribution in [2.24, 2.45) is 0 Å². The summed E-state index contributed by atoms with van der Waals surface area (Å²) in [7, 11) is 0. The summed E-state index contributed by atoms with van der Waals surface area (Å²) in [6.45, 7) is 2.41. The Bertz CT molecular complexity index is 959. The van der Waals surface area contributed by atoms with Crippen LogP contribution in [-0.4, -0.2) is 10.4 Å². The van der Waals surface area contributed by atoms with Gasteiger partial charge in [0, 0.05) is 39.2 Å². The molecule has 0 N–H and O–H groups in total. The minimum absolute atomic E-state index is 0.209. The van der Waals surface area contributed by atoms with Crippen molar-refractivity contribution >= 4 is 39.9 Å². The number of aryl methyl sites for hydroxylation is 1. The molecule has 5 heteroatoms. The Kier molecular flexibility index (Phi) is 4.24. The second kappa shape index (κ2) is 6.19. The van der Waals surface area contributed by atoms with E-state index in [0.717, 1.165) is 0 Å². The van der Waals surface area contributed by atoms with Crippen LogP contribution < -0.4 is 5.56 Å². The van der Waals surface area contributed by atoms with Crippen molar-refractivity contribution in [2.75, 3.05) is 0 Å². The summed E-state index contributed by atoms with van der Waals surface area (Å²) in [6.07, 6.45) is 0. The largest absolute Gasteiger partial charge is 0.309 e. The van der Waals surface area contributed by atoms with Crippen LogP contribution >= 0.6 is 23.2 Å². The first-order valence-corrected chi connectivity index (χ1v) is 7.90. The van der Waals surface area contributed by atoms with Crippen LogP contribution in [0.3, 0.4) is 0 Å². The molecule has 1 aromatic heterocycles. The van der Waals surface area contributed by atoms with Crippen molar-refractivity contribution in [1.29, 1.82) is 0 Å². The highest BCUT2D eigenvalue weighted by molar-refractivity contribution is 6.32. The van der Waals surface area contributed by atoms with Crippen LogP contribution in [0.1, 0.15) is 22.8 Å². The maximum atomic E-state index is 12.8. The molecule has 1 heterocycles. The summed E-state index contributed by atoms with van der Waals surface area (Å²) < 4.78 is 1.62. The van der Waals surface area contributed by atoms with Crippen LogP contribution in [0.5, 0.6) is 0 Å². The van der Waals surface area contributed by atoms with E-state index in [1.54, 1.807) is 47.0 Å². The van der Waals surface area contributed by atoms with Crippen LogP contribution in [0, 0.1) is 0 Å². The zero-order valence-electron chi connectivity index (χ0n) is 12.3. The zero-order valence-corrected chi connectivity index (χ0v) is 13.9. The van der Waals surface area contributed by atoms with E-state index < -0.39 is 0 Å². The zero-order chi connectivity index (χ0) is 16.6. The molecule has 2 aromatic carbocycles. The van der Waals surface area contributed by atoms with Gasteiger partial charge in [0.1, 0.15) is 0 Å². The number of nitrogens with zero attached hydrogens (tertiary/aromatic N) is 1. The van der Waals surface area contributed by atoms with Gasteiger partial charge in [-0.3, -0.25) is 9.59 Å². The summed E-state index contributed by atoms with van der Waals surface area (Å²) in [4.78, 5) is 25.1. The third kappa shape index (κ3) is 2.90. The van der Waals surface area contributed by atoms with Gasteiger partial charge >= 0.3 is 0 Å². The second-order valence-corrected chi connectivity index (χ2v) is 6.01.